The minimum absolute atomic E-state index is 0.0298. The standard InChI is InChI=1S/C10H16N6O2/c11-10-12-3-8-9(15-10)16(6-13-8)14-2-1-7(4-17)5-18/h3,6-7,14,17-18H,1-2,4-5H2,(H2,11,12,15)/i4+1/t7-/m1/s1. The highest BCUT2D eigenvalue weighted by Crippen LogP contribution is 2.08. The molecule has 0 unspecified atom stereocenters. The maximum Gasteiger partial charge on any atom is 0.222 e. The van der Waals surface area contributed by atoms with E-state index in [0.717, 1.165) is 0 Å². The molecule has 0 bridgehead atoms. The van der Waals surface area contributed by atoms with Crippen LogP contribution in [0.1, 0.15) is 6.42 Å². The first-order chi connectivity index (χ1) is 8.74. The molecule has 18 heavy (non-hydrogen) atoms. The maximum absolute atomic E-state index is 8.95. The van der Waals surface area contributed by atoms with Crippen LogP contribution in [0.3, 0.4) is 0 Å². The van der Waals surface area contributed by atoms with E-state index in [1.807, 2.05) is 0 Å². The lowest BCUT2D eigenvalue weighted by Gasteiger charge is -2.12. The third-order valence-corrected chi connectivity index (χ3v) is 2.66. The van der Waals surface area contributed by atoms with E-state index in [0.29, 0.717) is 24.1 Å². The lowest BCUT2D eigenvalue weighted by atomic mass is 10.2. The molecule has 0 saturated heterocycles. The van der Waals surface area contributed by atoms with Crippen LogP contribution in [0.25, 0.3) is 11.2 Å². The third-order valence-electron chi connectivity index (χ3n) is 2.66. The van der Waals surface area contributed by atoms with E-state index in [2.05, 4.69) is 20.4 Å². The molecule has 0 amide bonds. The van der Waals surface area contributed by atoms with E-state index >= 15 is 0 Å². The highest BCUT2D eigenvalue weighted by molar-refractivity contribution is 5.70. The summed E-state index contributed by atoms with van der Waals surface area (Å²) in [6, 6.07) is 0. The van der Waals surface area contributed by atoms with Crippen LogP contribution in [0, 0.1) is 5.92 Å². The van der Waals surface area contributed by atoms with Crippen LogP contribution < -0.4 is 11.2 Å². The van der Waals surface area contributed by atoms with Crippen LogP contribution in [0.4, 0.5) is 5.95 Å². The summed E-state index contributed by atoms with van der Waals surface area (Å²) in [7, 11) is 0. The molecule has 0 spiro atoms. The van der Waals surface area contributed by atoms with Gasteiger partial charge in [-0.25, -0.2) is 14.6 Å². The first-order valence-corrected chi connectivity index (χ1v) is 5.65. The van der Waals surface area contributed by atoms with Gasteiger partial charge in [0.1, 0.15) is 11.8 Å². The summed E-state index contributed by atoms with van der Waals surface area (Å²) in [5.74, 6) is 0.0709. The zero-order chi connectivity index (χ0) is 13.0. The highest BCUT2D eigenvalue weighted by atomic mass is 16.3. The normalized spacial score (nSPS) is 12.8. The Morgan fingerprint density at radius 2 is 2.11 bits per heavy atom. The molecule has 0 saturated carbocycles. The van der Waals surface area contributed by atoms with Crippen LogP contribution in [0.2, 0.25) is 0 Å². The number of fused-ring (bicyclic) bond motifs is 1. The average Bonchev–Trinajstić information content (AvgIpc) is 2.77. The lowest BCUT2D eigenvalue weighted by Crippen LogP contribution is -2.21. The second-order valence-electron chi connectivity index (χ2n) is 3.98. The number of hydrogen-bond donors (Lipinski definition) is 4. The Kier molecular flexibility index (Phi) is 3.90. The molecule has 8 heteroatoms. The molecule has 0 aliphatic heterocycles. The highest BCUT2D eigenvalue weighted by Gasteiger charge is 2.07. The zero-order valence-electron chi connectivity index (χ0n) is 9.82. The van der Waals surface area contributed by atoms with Gasteiger partial charge in [-0.15, -0.1) is 0 Å². The van der Waals surface area contributed by atoms with Gasteiger partial charge in [-0.05, 0) is 6.42 Å². The molecule has 2 heterocycles. The predicted molar refractivity (Wildman–Crippen MR) is 66.2 cm³/mol. The van der Waals surface area contributed by atoms with Crippen LogP contribution >= 0.6 is 0 Å². The number of imidazole rings is 1. The molecule has 0 radical (unpaired) electrons. The van der Waals surface area contributed by atoms with Gasteiger partial charge < -0.3 is 21.4 Å². The van der Waals surface area contributed by atoms with Gasteiger partial charge in [0.15, 0.2) is 5.65 Å². The van der Waals surface area contributed by atoms with Gasteiger partial charge in [0, 0.05) is 25.7 Å². The van der Waals surface area contributed by atoms with Crippen molar-refractivity contribution >= 4 is 17.1 Å². The number of aromatic nitrogens is 4. The van der Waals surface area contributed by atoms with Crippen molar-refractivity contribution in [3.05, 3.63) is 12.5 Å². The van der Waals surface area contributed by atoms with E-state index < -0.39 is 0 Å². The molecular formula is C10H16N6O2. The fraction of sp³-hybridized carbons (Fsp3) is 0.500. The number of nitrogens with zero attached hydrogens (tertiary/aromatic N) is 4. The summed E-state index contributed by atoms with van der Waals surface area (Å²) >= 11 is 0. The average molecular weight is 253 g/mol. The van der Waals surface area contributed by atoms with Crippen molar-refractivity contribution in [1.29, 1.82) is 0 Å². The summed E-state index contributed by atoms with van der Waals surface area (Å²) in [5, 5.41) is 17.9. The van der Waals surface area contributed by atoms with Crippen molar-refractivity contribution in [2.75, 3.05) is 30.9 Å². The quantitative estimate of drug-likeness (QED) is 0.484. The largest absolute Gasteiger partial charge is 0.396 e. The van der Waals surface area contributed by atoms with E-state index in [-0.39, 0.29) is 25.1 Å². The zero-order valence-corrected chi connectivity index (χ0v) is 9.82. The van der Waals surface area contributed by atoms with Crippen molar-refractivity contribution in [3.8, 4) is 0 Å². The summed E-state index contributed by atoms with van der Waals surface area (Å²) < 4.78 is 1.65. The third kappa shape index (κ3) is 2.66. The second kappa shape index (κ2) is 5.61. The van der Waals surface area contributed by atoms with Gasteiger partial charge in [-0.1, -0.05) is 0 Å². The van der Waals surface area contributed by atoms with Gasteiger partial charge >= 0.3 is 0 Å². The Labute approximate surface area is 103 Å². The fourth-order valence-corrected chi connectivity index (χ4v) is 1.57. The number of nitrogens with one attached hydrogen (secondary N) is 1. The lowest BCUT2D eigenvalue weighted by molar-refractivity contribution is 0.146. The minimum atomic E-state index is -0.119. The number of anilines is 1. The second-order valence-corrected chi connectivity index (χ2v) is 3.98. The first kappa shape index (κ1) is 12.5. The number of hydrogen-bond acceptors (Lipinski definition) is 7. The molecule has 98 valence electrons. The molecule has 5 N–H and O–H groups in total. The van der Waals surface area contributed by atoms with Crippen molar-refractivity contribution in [2.24, 2.45) is 5.92 Å². The molecule has 1 atom stereocenters. The molecule has 0 aromatic carbocycles. The number of rotatable bonds is 6. The number of aliphatic hydroxyl groups is 2. The van der Waals surface area contributed by atoms with Crippen LogP contribution in [0.15, 0.2) is 12.5 Å². The molecule has 0 aliphatic carbocycles. The Bertz CT molecular complexity index is 510. The van der Waals surface area contributed by atoms with E-state index in [1.54, 1.807) is 17.2 Å². The number of nitrogens with two attached hydrogens (primary N) is 1. The van der Waals surface area contributed by atoms with E-state index in [9.17, 15) is 0 Å². The monoisotopic (exact) mass is 253 g/mol. The topological polar surface area (TPSA) is 122 Å². The van der Waals surface area contributed by atoms with Gasteiger partial charge in [0.25, 0.3) is 0 Å². The van der Waals surface area contributed by atoms with E-state index in [1.165, 1.54) is 0 Å². The van der Waals surface area contributed by atoms with Gasteiger partial charge in [-0.2, -0.15) is 4.98 Å². The van der Waals surface area contributed by atoms with Crippen LogP contribution in [-0.4, -0.2) is 49.6 Å². The Morgan fingerprint density at radius 1 is 1.33 bits per heavy atom. The fourth-order valence-electron chi connectivity index (χ4n) is 1.57. The predicted octanol–water partition coefficient (Wildman–Crippen LogP) is -1.06. The maximum atomic E-state index is 8.95. The van der Waals surface area contributed by atoms with Crippen LogP contribution in [0.5, 0.6) is 0 Å². The Hall–Kier alpha value is -1.93. The summed E-state index contributed by atoms with van der Waals surface area (Å²) in [6.45, 7) is 0.525. The van der Waals surface area contributed by atoms with Crippen molar-refractivity contribution < 1.29 is 10.2 Å². The smallest absolute Gasteiger partial charge is 0.222 e. The van der Waals surface area contributed by atoms with Crippen molar-refractivity contribution in [3.63, 3.8) is 0 Å². The molecule has 2 rings (SSSR count). The number of nitrogen functional groups attached to an aromatic ring is 1. The first-order valence-electron chi connectivity index (χ1n) is 5.65. The molecule has 2 aromatic rings. The summed E-state index contributed by atoms with van der Waals surface area (Å²) in [5.41, 5.74) is 9.85. The molecule has 8 nitrogen and oxygen atoms in total. The van der Waals surface area contributed by atoms with Crippen molar-refractivity contribution in [2.45, 2.75) is 6.42 Å². The molecular weight excluding hydrogens is 237 g/mol. The van der Waals surface area contributed by atoms with E-state index in [4.69, 9.17) is 15.9 Å². The summed E-state index contributed by atoms with van der Waals surface area (Å²) in [4.78, 5) is 12.1. The van der Waals surface area contributed by atoms with Crippen LogP contribution in [-0.2, 0) is 0 Å². The Morgan fingerprint density at radius 3 is 2.83 bits per heavy atom. The summed E-state index contributed by atoms with van der Waals surface area (Å²) in [6.07, 6.45) is 3.79. The number of aliphatic hydroxyl groups excluding tert-OH is 2. The van der Waals surface area contributed by atoms with Crippen molar-refractivity contribution in [1.82, 2.24) is 19.6 Å². The molecule has 2 aromatic heterocycles. The molecule has 0 aliphatic rings. The molecule has 0 fully saturated rings. The van der Waals surface area contributed by atoms with Gasteiger partial charge in [0.05, 0.1) is 6.20 Å². The van der Waals surface area contributed by atoms with Gasteiger partial charge in [0.2, 0.25) is 5.95 Å². The SMILES string of the molecule is Nc1ncc2ncn(NCC[C@@H](CO)[13CH2]O)c2n1. The Balaban J connectivity index is 2.01. The minimum Gasteiger partial charge on any atom is -0.396 e. The van der Waals surface area contributed by atoms with Gasteiger partial charge in [-0.3, -0.25) is 0 Å².